The van der Waals surface area contributed by atoms with Gasteiger partial charge in [0.05, 0.1) is 17.9 Å². The Kier molecular flexibility index (Phi) is 3.81. The molecule has 2 unspecified atom stereocenters. The molecule has 3 heterocycles. The number of phenolic OH excluding ortho intramolecular Hbond substituents is 1. The van der Waals surface area contributed by atoms with Gasteiger partial charge >= 0.3 is 0 Å². The van der Waals surface area contributed by atoms with Crippen LogP contribution in [0.2, 0.25) is 10.0 Å². The minimum atomic E-state index is -0.616. The molecule has 3 aromatic rings. The molecule has 5 nitrogen and oxygen atoms in total. The number of fused-ring (bicyclic) bond motifs is 3. The number of hydrogen-bond donors (Lipinski definition) is 1. The summed E-state index contributed by atoms with van der Waals surface area (Å²) in [5.41, 5.74) is 2.32. The highest BCUT2D eigenvalue weighted by Gasteiger charge is 2.42. The Hall–Kier alpha value is -2.63. The van der Waals surface area contributed by atoms with E-state index < -0.39 is 6.23 Å². The molecule has 5 rings (SSSR count). The summed E-state index contributed by atoms with van der Waals surface area (Å²) >= 11 is 12.4. The zero-order valence-corrected chi connectivity index (χ0v) is 15.5. The van der Waals surface area contributed by atoms with Crippen LogP contribution in [0.25, 0.3) is 0 Å². The van der Waals surface area contributed by atoms with E-state index in [0.717, 1.165) is 11.3 Å². The van der Waals surface area contributed by atoms with Crippen molar-refractivity contribution in [2.24, 2.45) is 5.10 Å². The van der Waals surface area contributed by atoms with E-state index in [1.54, 1.807) is 30.5 Å². The van der Waals surface area contributed by atoms with Gasteiger partial charge < -0.3 is 14.3 Å². The molecule has 0 radical (unpaired) electrons. The number of nitrogens with zero attached hydrogens (tertiary/aromatic N) is 2. The van der Waals surface area contributed by atoms with Crippen LogP contribution in [0.5, 0.6) is 11.5 Å². The van der Waals surface area contributed by atoms with Gasteiger partial charge in [-0.2, -0.15) is 5.10 Å². The molecule has 2 aromatic carbocycles. The van der Waals surface area contributed by atoms with Crippen molar-refractivity contribution in [3.8, 4) is 11.5 Å². The maximum Gasteiger partial charge on any atom is 0.217 e. The van der Waals surface area contributed by atoms with Gasteiger partial charge in [0.25, 0.3) is 0 Å². The fourth-order valence-electron chi connectivity index (χ4n) is 3.58. The quantitative estimate of drug-likeness (QED) is 0.613. The number of hydrazone groups is 1. The van der Waals surface area contributed by atoms with Crippen molar-refractivity contribution in [3.63, 3.8) is 0 Å². The molecule has 7 heteroatoms. The number of halogens is 2. The van der Waals surface area contributed by atoms with Crippen LogP contribution < -0.4 is 4.74 Å². The van der Waals surface area contributed by atoms with E-state index >= 15 is 0 Å². The predicted molar refractivity (Wildman–Crippen MR) is 102 cm³/mol. The van der Waals surface area contributed by atoms with Crippen LogP contribution in [-0.4, -0.2) is 15.8 Å². The first-order chi connectivity index (χ1) is 13.1. The van der Waals surface area contributed by atoms with Gasteiger partial charge in [-0.05, 0) is 48.5 Å². The summed E-state index contributed by atoms with van der Waals surface area (Å²) < 4.78 is 11.7. The van der Waals surface area contributed by atoms with Gasteiger partial charge in [0.15, 0.2) is 0 Å². The average Bonchev–Trinajstić information content (AvgIpc) is 3.32. The maximum absolute atomic E-state index is 10.4. The van der Waals surface area contributed by atoms with Gasteiger partial charge in [-0.3, -0.25) is 0 Å². The fourth-order valence-corrected chi connectivity index (χ4v) is 3.94. The van der Waals surface area contributed by atoms with Crippen LogP contribution in [0.3, 0.4) is 0 Å². The van der Waals surface area contributed by atoms with Crippen LogP contribution in [0.4, 0.5) is 0 Å². The topological polar surface area (TPSA) is 58.2 Å². The zero-order valence-electron chi connectivity index (χ0n) is 14.0. The van der Waals surface area contributed by atoms with Crippen LogP contribution in [0.15, 0.2) is 64.3 Å². The Morgan fingerprint density at radius 1 is 1.04 bits per heavy atom. The lowest BCUT2D eigenvalue weighted by atomic mass is 9.97. The van der Waals surface area contributed by atoms with Gasteiger partial charge in [-0.1, -0.05) is 23.2 Å². The summed E-state index contributed by atoms with van der Waals surface area (Å²) in [6.45, 7) is 0. The monoisotopic (exact) mass is 400 g/mol. The van der Waals surface area contributed by atoms with Crippen molar-refractivity contribution in [2.45, 2.75) is 18.7 Å². The van der Waals surface area contributed by atoms with E-state index in [9.17, 15) is 5.11 Å². The Bertz CT molecular complexity index is 1050. The molecule has 1 aromatic heterocycles. The van der Waals surface area contributed by atoms with Crippen molar-refractivity contribution < 1.29 is 14.3 Å². The lowest BCUT2D eigenvalue weighted by Gasteiger charge is -2.38. The summed E-state index contributed by atoms with van der Waals surface area (Å²) in [6, 6.07) is 14.0. The highest BCUT2D eigenvalue weighted by atomic mass is 35.5. The largest absolute Gasteiger partial charge is 0.507 e. The molecular weight excluding hydrogens is 387 g/mol. The maximum atomic E-state index is 10.4. The minimum Gasteiger partial charge on any atom is -0.507 e. The molecule has 0 saturated heterocycles. The third-order valence-corrected chi connectivity index (χ3v) is 5.28. The predicted octanol–water partition coefficient (Wildman–Crippen LogP) is 5.53. The first-order valence-electron chi connectivity index (χ1n) is 8.44. The van der Waals surface area contributed by atoms with Crippen molar-refractivity contribution in [1.82, 2.24) is 5.01 Å². The first kappa shape index (κ1) is 16.5. The Morgan fingerprint density at radius 2 is 1.81 bits per heavy atom. The average molecular weight is 401 g/mol. The number of hydrogen-bond acceptors (Lipinski definition) is 5. The van der Waals surface area contributed by atoms with Crippen molar-refractivity contribution >= 4 is 28.9 Å². The van der Waals surface area contributed by atoms with E-state index in [0.29, 0.717) is 33.5 Å². The lowest BCUT2D eigenvalue weighted by Crippen LogP contribution is -2.33. The molecule has 2 aliphatic rings. The summed E-state index contributed by atoms with van der Waals surface area (Å²) in [5, 5.41) is 18.1. The third-order valence-electron chi connectivity index (χ3n) is 4.81. The van der Waals surface area contributed by atoms with E-state index in [1.165, 1.54) is 0 Å². The van der Waals surface area contributed by atoms with E-state index in [4.69, 9.17) is 37.5 Å². The summed E-state index contributed by atoms with van der Waals surface area (Å²) in [5.74, 6) is 1.52. The Labute approximate surface area is 165 Å². The molecule has 136 valence electrons. The number of furan rings is 1. The number of rotatable bonds is 2. The molecule has 0 aliphatic carbocycles. The van der Waals surface area contributed by atoms with E-state index in [1.807, 2.05) is 29.3 Å². The summed E-state index contributed by atoms with van der Waals surface area (Å²) in [7, 11) is 0. The summed E-state index contributed by atoms with van der Waals surface area (Å²) in [4.78, 5) is 0. The van der Waals surface area contributed by atoms with Crippen molar-refractivity contribution in [1.29, 1.82) is 0 Å². The molecule has 0 saturated carbocycles. The highest BCUT2D eigenvalue weighted by molar-refractivity contribution is 6.31. The van der Waals surface area contributed by atoms with Gasteiger partial charge in [0.2, 0.25) is 6.23 Å². The Balaban J connectivity index is 1.65. The molecule has 2 atom stereocenters. The Morgan fingerprint density at radius 3 is 2.59 bits per heavy atom. The second-order valence-electron chi connectivity index (χ2n) is 6.48. The van der Waals surface area contributed by atoms with Gasteiger partial charge in [0, 0.05) is 22.0 Å². The van der Waals surface area contributed by atoms with Crippen molar-refractivity contribution in [3.05, 3.63) is 81.7 Å². The number of benzene rings is 2. The number of ether oxygens (including phenoxy) is 1. The fraction of sp³-hybridized carbons (Fsp3) is 0.150. The SMILES string of the molecule is Oc1ccc(Cl)cc1C1Oc2ccc(Cl)cc2C2CC(c3ccco3)=NN21. The van der Waals surface area contributed by atoms with Crippen LogP contribution in [0, 0.1) is 0 Å². The zero-order chi connectivity index (χ0) is 18.5. The standard InChI is InChI=1S/C20H14Cl2N2O3/c21-11-3-5-17(25)14(9-11)20-24-16(10-15(23-24)19-2-1-7-26-19)13-8-12(22)4-6-18(13)27-20/h1-9,16,20,25H,10H2. The van der Waals surface area contributed by atoms with E-state index in [-0.39, 0.29) is 11.8 Å². The molecule has 0 bridgehead atoms. The molecule has 1 N–H and O–H groups in total. The molecular formula is C20H14Cl2N2O3. The van der Waals surface area contributed by atoms with Crippen LogP contribution in [-0.2, 0) is 0 Å². The van der Waals surface area contributed by atoms with Gasteiger partial charge in [-0.25, -0.2) is 5.01 Å². The van der Waals surface area contributed by atoms with Gasteiger partial charge in [-0.15, -0.1) is 0 Å². The normalized spacial score (nSPS) is 20.7. The number of aromatic hydroxyl groups is 1. The number of phenols is 1. The minimum absolute atomic E-state index is 0.0871. The molecule has 2 aliphatic heterocycles. The lowest BCUT2D eigenvalue weighted by molar-refractivity contribution is -0.0203. The van der Waals surface area contributed by atoms with Crippen molar-refractivity contribution in [2.75, 3.05) is 0 Å². The second kappa shape index (κ2) is 6.22. The van der Waals surface area contributed by atoms with Crippen LogP contribution in [0.1, 0.15) is 35.6 Å². The molecule has 0 fully saturated rings. The molecule has 0 amide bonds. The first-order valence-corrected chi connectivity index (χ1v) is 9.20. The van der Waals surface area contributed by atoms with E-state index in [2.05, 4.69) is 0 Å². The summed E-state index contributed by atoms with van der Waals surface area (Å²) in [6.07, 6.45) is 1.65. The van der Waals surface area contributed by atoms with Gasteiger partial charge in [0.1, 0.15) is 23.0 Å². The second-order valence-corrected chi connectivity index (χ2v) is 7.35. The highest BCUT2D eigenvalue weighted by Crippen LogP contribution is 2.49. The molecule has 0 spiro atoms. The molecule has 27 heavy (non-hydrogen) atoms. The smallest absolute Gasteiger partial charge is 0.217 e. The third kappa shape index (κ3) is 2.74. The van der Waals surface area contributed by atoms with Crippen LogP contribution >= 0.6 is 23.2 Å².